The predicted molar refractivity (Wildman–Crippen MR) is 150 cm³/mol. The summed E-state index contributed by atoms with van der Waals surface area (Å²) >= 11 is 1.52. The summed E-state index contributed by atoms with van der Waals surface area (Å²) in [5.41, 5.74) is 2.92. The number of aryl methyl sites for hydroxylation is 1. The highest BCUT2D eigenvalue weighted by Crippen LogP contribution is 2.39. The Morgan fingerprint density at radius 3 is 2.64 bits per heavy atom. The first-order valence-corrected chi connectivity index (χ1v) is 13.6. The van der Waals surface area contributed by atoms with Gasteiger partial charge in [0.15, 0.2) is 0 Å². The summed E-state index contributed by atoms with van der Waals surface area (Å²) in [6.07, 6.45) is 1.11. The van der Waals surface area contributed by atoms with Gasteiger partial charge < -0.3 is 15.5 Å². The van der Waals surface area contributed by atoms with E-state index in [9.17, 15) is 18.8 Å². The van der Waals surface area contributed by atoms with Crippen molar-refractivity contribution in [3.8, 4) is 11.4 Å². The van der Waals surface area contributed by atoms with Gasteiger partial charge in [-0.25, -0.2) is 14.4 Å². The molecule has 12 nitrogen and oxygen atoms in total. The number of halogens is 1. The van der Waals surface area contributed by atoms with Crippen LogP contribution in [0.3, 0.4) is 0 Å². The van der Waals surface area contributed by atoms with Gasteiger partial charge in [0.05, 0.1) is 12.2 Å². The second kappa shape index (κ2) is 11.2. The molecule has 0 radical (unpaired) electrons. The molecule has 14 heteroatoms. The van der Waals surface area contributed by atoms with Crippen molar-refractivity contribution in [1.29, 1.82) is 0 Å². The first kappa shape index (κ1) is 26.8. The summed E-state index contributed by atoms with van der Waals surface area (Å²) in [6, 6.07) is 13.9. The zero-order valence-corrected chi connectivity index (χ0v) is 22.9. The van der Waals surface area contributed by atoms with Crippen molar-refractivity contribution in [3.05, 3.63) is 105 Å². The molecule has 0 saturated heterocycles. The third-order valence-electron chi connectivity index (χ3n) is 6.73. The lowest BCUT2D eigenvalue weighted by molar-refractivity contribution is -0.119. The number of H-pyrrole nitrogens is 1. The highest BCUT2D eigenvalue weighted by Gasteiger charge is 2.39. The first-order valence-electron chi connectivity index (χ1n) is 12.7. The number of fused-ring (bicyclic) bond motifs is 1. The van der Waals surface area contributed by atoms with Gasteiger partial charge in [-0.1, -0.05) is 30.3 Å². The molecule has 210 valence electrons. The topological polar surface area (TPSA) is 159 Å². The highest BCUT2D eigenvalue weighted by molar-refractivity contribution is 7.09. The number of carbonyl (C=O) groups is 3. The van der Waals surface area contributed by atoms with E-state index >= 15 is 0 Å². The molecule has 1 aliphatic heterocycles. The molecule has 2 aromatic carbocycles. The van der Waals surface area contributed by atoms with Crippen molar-refractivity contribution in [2.75, 3.05) is 4.90 Å². The molecule has 6 rings (SSSR count). The number of tetrazole rings is 1. The van der Waals surface area contributed by atoms with Crippen molar-refractivity contribution in [2.45, 2.75) is 26.1 Å². The highest BCUT2D eigenvalue weighted by atomic mass is 32.1. The van der Waals surface area contributed by atoms with Crippen LogP contribution in [-0.4, -0.2) is 48.3 Å². The van der Waals surface area contributed by atoms with Crippen molar-refractivity contribution in [2.24, 2.45) is 0 Å². The Labute approximate surface area is 242 Å². The molecule has 3 amide bonds. The molecule has 1 atom stereocenters. The molecular weight excluding hydrogens is 561 g/mol. The van der Waals surface area contributed by atoms with Crippen LogP contribution in [0.2, 0.25) is 0 Å². The fourth-order valence-electron chi connectivity index (χ4n) is 4.61. The Bertz CT molecular complexity index is 1790. The number of nitrogens with zero attached hydrogens (tertiary/aromatic N) is 6. The molecule has 0 fully saturated rings. The van der Waals surface area contributed by atoms with Gasteiger partial charge in [-0.2, -0.15) is 5.21 Å². The fourth-order valence-corrected chi connectivity index (χ4v) is 5.31. The second-order valence-corrected chi connectivity index (χ2v) is 10.5. The van der Waals surface area contributed by atoms with Crippen molar-refractivity contribution in [3.63, 3.8) is 0 Å². The van der Waals surface area contributed by atoms with Crippen LogP contribution in [-0.2, 0) is 17.9 Å². The Morgan fingerprint density at radius 1 is 1.07 bits per heavy atom. The molecular formula is C28H22FN9O3S. The molecule has 0 unspecified atom stereocenters. The third kappa shape index (κ3) is 5.34. The van der Waals surface area contributed by atoms with Crippen molar-refractivity contribution < 1.29 is 18.8 Å². The minimum absolute atomic E-state index is 0.0313. The maximum atomic E-state index is 13.6. The van der Waals surface area contributed by atoms with Gasteiger partial charge >= 0.3 is 0 Å². The maximum absolute atomic E-state index is 13.6. The van der Waals surface area contributed by atoms with Gasteiger partial charge in [0, 0.05) is 28.6 Å². The third-order valence-corrected chi connectivity index (χ3v) is 7.59. The molecule has 4 heterocycles. The molecule has 0 spiro atoms. The van der Waals surface area contributed by atoms with E-state index in [4.69, 9.17) is 0 Å². The number of hydrogen-bond acceptors (Lipinski definition) is 9. The number of aromatic nitrogens is 6. The summed E-state index contributed by atoms with van der Waals surface area (Å²) < 4.78 is 13.5. The minimum atomic E-state index is -0.985. The second-order valence-electron chi connectivity index (χ2n) is 9.47. The SMILES string of the molecule is Cc1cc(CNC(=O)c2cc(C(=O)N[C@H]3C(=O)N(Cc4cccs4)c4cc(-c5nn[nH]n5)ccc43)ncn2)ccc1F. The number of amides is 3. The standard InChI is InChI=1S/C28H22FN9O3S/c1-15-9-16(4-7-20(15)29)12-30-26(39)21-11-22(32-14-31-21)27(40)33-24-19-6-5-17(25-34-36-37-35-25)10-23(19)38(28(24)41)13-18-3-2-8-42-18/h2-11,14,24H,12-13H2,1H3,(H,30,39)(H,33,40)(H,34,35,36,37)/t24-/m1/s1. The maximum Gasteiger partial charge on any atom is 0.270 e. The van der Waals surface area contributed by atoms with E-state index in [1.807, 2.05) is 17.5 Å². The number of carbonyl (C=O) groups excluding carboxylic acids is 3. The number of anilines is 1. The number of nitrogens with one attached hydrogen (secondary N) is 3. The zero-order valence-electron chi connectivity index (χ0n) is 22.0. The molecule has 0 bridgehead atoms. The van der Waals surface area contributed by atoms with Crippen LogP contribution in [0.5, 0.6) is 0 Å². The van der Waals surface area contributed by atoms with Crippen molar-refractivity contribution in [1.82, 2.24) is 41.2 Å². The van der Waals surface area contributed by atoms with Crippen LogP contribution in [0, 0.1) is 12.7 Å². The number of hydrogen-bond donors (Lipinski definition) is 3. The lowest BCUT2D eigenvalue weighted by atomic mass is 10.0. The molecule has 0 aliphatic carbocycles. The summed E-state index contributed by atoms with van der Waals surface area (Å²) in [5.74, 6) is -1.47. The lowest BCUT2D eigenvalue weighted by Gasteiger charge is -2.17. The zero-order chi connectivity index (χ0) is 29.2. The van der Waals surface area contributed by atoms with E-state index < -0.39 is 17.9 Å². The van der Waals surface area contributed by atoms with E-state index in [-0.39, 0.29) is 29.7 Å². The quantitative estimate of drug-likeness (QED) is 0.251. The minimum Gasteiger partial charge on any atom is -0.347 e. The van der Waals surface area contributed by atoms with Gasteiger partial charge in [0.25, 0.3) is 17.7 Å². The van der Waals surface area contributed by atoms with Crippen molar-refractivity contribution >= 4 is 34.7 Å². The molecule has 0 saturated carbocycles. The number of aromatic amines is 1. The number of benzene rings is 2. The average Bonchev–Trinajstić information content (AvgIpc) is 3.77. The summed E-state index contributed by atoms with van der Waals surface area (Å²) in [4.78, 5) is 50.2. The molecule has 3 aromatic heterocycles. The monoisotopic (exact) mass is 583 g/mol. The van der Waals surface area contributed by atoms with Crippen LogP contribution < -0.4 is 15.5 Å². The van der Waals surface area contributed by atoms with Crippen LogP contribution in [0.4, 0.5) is 10.1 Å². The van der Waals surface area contributed by atoms with E-state index in [0.29, 0.717) is 40.3 Å². The Morgan fingerprint density at radius 2 is 1.90 bits per heavy atom. The van der Waals surface area contributed by atoms with E-state index in [2.05, 4.69) is 41.2 Å². The first-order chi connectivity index (χ1) is 20.4. The molecule has 3 N–H and O–H groups in total. The van der Waals surface area contributed by atoms with Crippen LogP contribution >= 0.6 is 11.3 Å². The average molecular weight is 584 g/mol. The predicted octanol–water partition coefficient (Wildman–Crippen LogP) is 3.11. The van der Waals surface area contributed by atoms with Gasteiger partial charge in [-0.15, -0.1) is 21.5 Å². The smallest absolute Gasteiger partial charge is 0.270 e. The Hall–Kier alpha value is -5.37. The summed E-state index contributed by atoms with van der Waals surface area (Å²) in [7, 11) is 0. The van der Waals surface area contributed by atoms with Crippen LogP contribution in [0.15, 0.2) is 66.3 Å². The molecule has 1 aliphatic rings. The van der Waals surface area contributed by atoms with Crippen LogP contribution in [0.25, 0.3) is 11.4 Å². The largest absolute Gasteiger partial charge is 0.347 e. The number of thiophene rings is 1. The van der Waals surface area contributed by atoms with E-state index in [1.54, 1.807) is 42.2 Å². The number of rotatable bonds is 8. The normalized spacial score (nSPS) is 14.1. The molecule has 5 aromatic rings. The fraction of sp³-hybridized carbons (Fsp3) is 0.143. The van der Waals surface area contributed by atoms with E-state index in [0.717, 1.165) is 11.2 Å². The van der Waals surface area contributed by atoms with Crippen LogP contribution in [0.1, 0.15) is 48.6 Å². The van der Waals surface area contributed by atoms with Gasteiger partial charge in [-0.3, -0.25) is 14.4 Å². The van der Waals surface area contributed by atoms with Gasteiger partial charge in [0.1, 0.15) is 29.6 Å². The molecule has 42 heavy (non-hydrogen) atoms. The lowest BCUT2D eigenvalue weighted by Crippen LogP contribution is -2.37. The Balaban J connectivity index is 1.21. The van der Waals surface area contributed by atoms with Gasteiger partial charge in [-0.05, 0) is 46.8 Å². The Kier molecular flexibility index (Phi) is 7.19. The summed E-state index contributed by atoms with van der Waals surface area (Å²) in [5, 5.41) is 21.5. The van der Waals surface area contributed by atoms with Gasteiger partial charge in [0.2, 0.25) is 5.82 Å². The van der Waals surface area contributed by atoms with E-state index in [1.165, 1.54) is 23.5 Å². The summed E-state index contributed by atoms with van der Waals surface area (Å²) in [6.45, 7) is 2.10.